The molecule has 3 atom stereocenters. The Hall–Kier alpha value is -2.35. The van der Waals surface area contributed by atoms with Crippen molar-refractivity contribution in [2.45, 2.75) is 89.5 Å². The highest BCUT2D eigenvalue weighted by molar-refractivity contribution is 6.00. The molecule has 1 saturated heterocycles. The minimum Gasteiger partial charge on any atom is -0.363 e. The van der Waals surface area contributed by atoms with Crippen LogP contribution in [0.4, 0.5) is 19.0 Å². The number of likely N-dealkylation sites (tertiary alicyclic amines) is 1. The summed E-state index contributed by atoms with van der Waals surface area (Å²) in [6.45, 7) is 5.32. The molecule has 1 fully saturated rings. The zero-order valence-corrected chi connectivity index (χ0v) is 20.9. The monoisotopic (exact) mass is 490 g/mol. The van der Waals surface area contributed by atoms with E-state index in [-0.39, 0.29) is 35.4 Å². The maximum absolute atomic E-state index is 13.9. The van der Waals surface area contributed by atoms with Gasteiger partial charge in [-0.05, 0) is 50.3 Å². The van der Waals surface area contributed by atoms with Gasteiger partial charge in [0.15, 0.2) is 11.8 Å². The van der Waals surface area contributed by atoms with Gasteiger partial charge in [-0.25, -0.2) is 4.68 Å². The van der Waals surface area contributed by atoms with Gasteiger partial charge >= 0.3 is 6.18 Å². The normalized spacial score (nSPS) is 23.2. The predicted octanol–water partition coefficient (Wildman–Crippen LogP) is 6.80. The van der Waals surface area contributed by atoms with Crippen LogP contribution in [-0.2, 0) is 0 Å². The van der Waals surface area contributed by atoms with Crippen molar-refractivity contribution in [2.75, 3.05) is 18.9 Å². The van der Waals surface area contributed by atoms with Crippen LogP contribution in [-0.4, -0.2) is 46.3 Å². The number of nitrogens with one attached hydrogen (secondary N) is 1. The first kappa shape index (κ1) is 25.7. The molecule has 3 heterocycles. The van der Waals surface area contributed by atoms with Crippen LogP contribution >= 0.6 is 0 Å². The van der Waals surface area contributed by atoms with Crippen LogP contribution in [0.1, 0.15) is 93.2 Å². The van der Waals surface area contributed by atoms with E-state index in [1.807, 2.05) is 30.3 Å². The number of carbonyl (C=O) groups excluding carboxylic acids is 1. The number of hydrogen-bond acceptors (Lipinski definition) is 4. The van der Waals surface area contributed by atoms with Crippen molar-refractivity contribution < 1.29 is 18.0 Å². The molecular formula is C27H37F3N4O. The molecule has 0 radical (unpaired) electrons. The van der Waals surface area contributed by atoms with E-state index in [1.165, 1.54) is 32.0 Å². The molecule has 0 spiro atoms. The van der Waals surface area contributed by atoms with E-state index in [9.17, 15) is 18.0 Å². The molecule has 2 aliphatic rings. The van der Waals surface area contributed by atoms with Gasteiger partial charge in [0.25, 0.3) is 0 Å². The zero-order chi connectivity index (χ0) is 25.2. The van der Waals surface area contributed by atoms with Crippen LogP contribution in [0.25, 0.3) is 0 Å². The SMILES string of the molecule is CN1CCCC1CCCCC(C)(C)CC(=O)c1cnn2c1N[C@@H](c1ccccc1)C[C@H]2C(F)(F)F. The molecule has 192 valence electrons. The van der Waals surface area contributed by atoms with E-state index in [4.69, 9.17) is 0 Å². The van der Waals surface area contributed by atoms with Gasteiger partial charge in [0.1, 0.15) is 5.82 Å². The number of carbonyl (C=O) groups is 1. The largest absolute Gasteiger partial charge is 0.410 e. The fourth-order valence-electron chi connectivity index (χ4n) is 5.62. The lowest BCUT2D eigenvalue weighted by molar-refractivity contribution is -0.173. The van der Waals surface area contributed by atoms with Crippen molar-refractivity contribution in [1.29, 1.82) is 0 Å². The van der Waals surface area contributed by atoms with Gasteiger partial charge in [0.05, 0.1) is 17.8 Å². The second kappa shape index (κ2) is 10.3. The van der Waals surface area contributed by atoms with E-state index in [0.717, 1.165) is 29.5 Å². The van der Waals surface area contributed by atoms with Crippen LogP contribution < -0.4 is 5.32 Å². The highest BCUT2D eigenvalue weighted by atomic mass is 19.4. The van der Waals surface area contributed by atoms with E-state index in [2.05, 4.69) is 36.2 Å². The number of ketones is 1. The number of hydrogen-bond donors (Lipinski definition) is 1. The van der Waals surface area contributed by atoms with Gasteiger partial charge in [-0.1, -0.05) is 57.0 Å². The van der Waals surface area contributed by atoms with Crippen LogP contribution in [0.5, 0.6) is 0 Å². The van der Waals surface area contributed by atoms with Crippen LogP contribution in [0.3, 0.4) is 0 Å². The molecule has 1 aromatic carbocycles. The molecule has 1 unspecified atom stereocenters. The summed E-state index contributed by atoms with van der Waals surface area (Å²) < 4.78 is 42.7. The number of unbranched alkanes of at least 4 members (excludes halogenated alkanes) is 1. The molecule has 0 saturated carbocycles. The van der Waals surface area contributed by atoms with Crippen LogP contribution in [0.2, 0.25) is 0 Å². The molecule has 1 aromatic heterocycles. The molecule has 0 bridgehead atoms. The number of aromatic nitrogens is 2. The Labute approximate surface area is 206 Å². The Morgan fingerprint density at radius 1 is 1.17 bits per heavy atom. The molecule has 0 aliphatic carbocycles. The minimum absolute atomic E-state index is 0.158. The number of anilines is 1. The zero-order valence-electron chi connectivity index (χ0n) is 20.9. The summed E-state index contributed by atoms with van der Waals surface area (Å²) in [7, 11) is 2.19. The molecule has 1 N–H and O–H groups in total. The van der Waals surface area contributed by atoms with Gasteiger partial charge < -0.3 is 10.2 Å². The fourth-order valence-corrected chi connectivity index (χ4v) is 5.62. The lowest BCUT2D eigenvalue weighted by Gasteiger charge is -2.34. The first-order valence-electron chi connectivity index (χ1n) is 12.7. The van der Waals surface area contributed by atoms with Crippen molar-refractivity contribution in [3.05, 3.63) is 47.7 Å². The number of benzene rings is 1. The summed E-state index contributed by atoms with van der Waals surface area (Å²) >= 11 is 0. The summed E-state index contributed by atoms with van der Waals surface area (Å²) in [6.07, 6.45) is 3.76. The molecule has 4 rings (SSSR count). The summed E-state index contributed by atoms with van der Waals surface area (Å²) in [5, 5.41) is 7.21. The van der Waals surface area contributed by atoms with Crippen LogP contribution in [0, 0.1) is 5.41 Å². The number of halogens is 3. The standard InChI is InChI=1S/C27H37F3N4O/c1-26(2,14-8-7-12-20-13-9-15-33(20)3)17-23(35)21-18-31-34-24(27(28,29)30)16-22(32-25(21)34)19-10-5-4-6-11-19/h4-6,10-11,18,20,22,24,32H,7-9,12-17H2,1-3H3/t20?,22-,24+/m1/s1. The van der Waals surface area contributed by atoms with E-state index >= 15 is 0 Å². The molecule has 5 nitrogen and oxygen atoms in total. The van der Waals surface area contributed by atoms with Gasteiger partial charge in [-0.2, -0.15) is 18.3 Å². The highest BCUT2D eigenvalue weighted by Crippen LogP contribution is 2.45. The van der Waals surface area contributed by atoms with Crippen molar-refractivity contribution in [1.82, 2.24) is 14.7 Å². The summed E-state index contributed by atoms with van der Waals surface area (Å²) in [4.78, 5) is 15.7. The third-order valence-corrected chi connectivity index (χ3v) is 7.69. The predicted molar refractivity (Wildman–Crippen MR) is 132 cm³/mol. The number of Topliss-reactive ketones (excluding diaryl/α,β-unsaturated/α-hetero) is 1. The topological polar surface area (TPSA) is 50.2 Å². The third kappa shape index (κ3) is 6.08. The van der Waals surface area contributed by atoms with E-state index in [0.29, 0.717) is 6.04 Å². The first-order chi connectivity index (χ1) is 16.5. The number of fused-ring (bicyclic) bond motifs is 1. The highest BCUT2D eigenvalue weighted by Gasteiger charge is 2.47. The number of alkyl halides is 3. The molecule has 35 heavy (non-hydrogen) atoms. The summed E-state index contributed by atoms with van der Waals surface area (Å²) in [5.74, 6) is 0.0198. The van der Waals surface area contributed by atoms with Crippen molar-refractivity contribution in [3.63, 3.8) is 0 Å². The maximum atomic E-state index is 13.9. The Bertz CT molecular complexity index is 1000. The summed E-state index contributed by atoms with van der Waals surface area (Å²) in [6, 6.07) is 7.43. The molecule has 2 aliphatic heterocycles. The Balaban J connectivity index is 1.43. The molecule has 0 amide bonds. The summed E-state index contributed by atoms with van der Waals surface area (Å²) in [5.41, 5.74) is 0.783. The van der Waals surface area contributed by atoms with Gasteiger partial charge in [0.2, 0.25) is 0 Å². The van der Waals surface area contributed by atoms with E-state index in [1.54, 1.807) is 0 Å². The Morgan fingerprint density at radius 2 is 1.91 bits per heavy atom. The van der Waals surface area contributed by atoms with E-state index < -0.39 is 18.3 Å². The number of rotatable bonds is 9. The average Bonchev–Trinajstić information content (AvgIpc) is 3.41. The molecule has 8 heteroatoms. The van der Waals surface area contributed by atoms with Gasteiger partial charge in [-0.15, -0.1) is 0 Å². The molecule has 2 aromatic rings. The molecular weight excluding hydrogens is 453 g/mol. The lowest BCUT2D eigenvalue weighted by atomic mass is 9.81. The van der Waals surface area contributed by atoms with Gasteiger partial charge in [0, 0.05) is 18.9 Å². The van der Waals surface area contributed by atoms with Crippen molar-refractivity contribution in [3.8, 4) is 0 Å². The van der Waals surface area contributed by atoms with Crippen LogP contribution in [0.15, 0.2) is 36.5 Å². The number of nitrogens with zero attached hydrogens (tertiary/aromatic N) is 3. The Morgan fingerprint density at radius 3 is 2.57 bits per heavy atom. The fraction of sp³-hybridized carbons (Fsp3) is 0.630. The van der Waals surface area contributed by atoms with Gasteiger partial charge in [-0.3, -0.25) is 4.79 Å². The van der Waals surface area contributed by atoms with Crippen molar-refractivity contribution in [2.24, 2.45) is 5.41 Å². The quantitative estimate of drug-likeness (QED) is 0.310. The average molecular weight is 491 g/mol. The lowest BCUT2D eigenvalue weighted by Crippen LogP contribution is -2.36. The van der Waals surface area contributed by atoms with Crippen molar-refractivity contribution >= 4 is 11.6 Å². The Kier molecular flexibility index (Phi) is 7.60. The maximum Gasteiger partial charge on any atom is 0.410 e. The smallest absolute Gasteiger partial charge is 0.363 e. The first-order valence-corrected chi connectivity index (χ1v) is 12.7. The second-order valence-corrected chi connectivity index (χ2v) is 11.0. The minimum atomic E-state index is -4.46. The third-order valence-electron chi connectivity index (χ3n) is 7.69. The second-order valence-electron chi connectivity index (χ2n) is 11.0.